The van der Waals surface area contributed by atoms with Crippen LogP contribution in [0.1, 0.15) is 12.8 Å². The molecule has 0 aliphatic heterocycles. The van der Waals surface area contributed by atoms with Gasteiger partial charge in [-0.05, 0) is 42.8 Å². The molecule has 0 unspecified atom stereocenters. The van der Waals surface area contributed by atoms with E-state index in [0.717, 1.165) is 11.5 Å². The van der Waals surface area contributed by atoms with Crippen LogP contribution >= 0.6 is 0 Å². The van der Waals surface area contributed by atoms with Crippen LogP contribution < -0.4 is 24.3 Å². The maximum absolute atomic E-state index is 11.8. The van der Waals surface area contributed by atoms with Crippen molar-refractivity contribution in [3.63, 3.8) is 0 Å². The number of carbonyl (C=O) groups excluding carboxylic acids is 1. The van der Waals surface area contributed by atoms with Gasteiger partial charge in [0, 0.05) is 6.42 Å². The van der Waals surface area contributed by atoms with Crippen molar-refractivity contribution in [2.75, 3.05) is 34.0 Å². The fourth-order valence-corrected chi connectivity index (χ4v) is 2.27. The highest BCUT2D eigenvalue weighted by Crippen LogP contribution is 2.25. The van der Waals surface area contributed by atoms with E-state index in [0.29, 0.717) is 44.1 Å². The van der Waals surface area contributed by atoms with Crippen LogP contribution in [0.3, 0.4) is 0 Å². The van der Waals surface area contributed by atoms with Crippen LogP contribution in [0.15, 0.2) is 48.5 Å². The average molecular weight is 359 g/mol. The van der Waals surface area contributed by atoms with Crippen molar-refractivity contribution in [3.8, 4) is 23.0 Å². The molecule has 0 radical (unpaired) electrons. The van der Waals surface area contributed by atoms with Gasteiger partial charge in [0.05, 0.1) is 27.4 Å². The molecule has 0 heterocycles. The lowest BCUT2D eigenvalue weighted by molar-refractivity contribution is -0.121. The summed E-state index contributed by atoms with van der Waals surface area (Å²) in [6.45, 7) is 1.31. The SMILES string of the molecule is COc1ccc(OCCCC(=O)NCCOc2ccccc2OC)cc1. The molecule has 2 aromatic rings. The van der Waals surface area contributed by atoms with E-state index in [1.807, 2.05) is 48.5 Å². The molecule has 0 atom stereocenters. The highest BCUT2D eigenvalue weighted by atomic mass is 16.5. The first-order chi connectivity index (χ1) is 12.7. The van der Waals surface area contributed by atoms with Crippen LogP contribution in [0.2, 0.25) is 0 Å². The molecule has 26 heavy (non-hydrogen) atoms. The Labute approximate surface area is 154 Å². The largest absolute Gasteiger partial charge is 0.497 e. The first kappa shape index (κ1) is 19.4. The number of ether oxygens (including phenoxy) is 4. The van der Waals surface area contributed by atoms with Crippen molar-refractivity contribution in [1.82, 2.24) is 5.32 Å². The van der Waals surface area contributed by atoms with Gasteiger partial charge in [0.25, 0.3) is 0 Å². The predicted octanol–water partition coefficient (Wildman–Crippen LogP) is 3.06. The number of methoxy groups -OCH3 is 2. The summed E-state index contributed by atoms with van der Waals surface area (Å²) in [5.41, 5.74) is 0. The van der Waals surface area contributed by atoms with Crippen molar-refractivity contribution in [2.45, 2.75) is 12.8 Å². The minimum Gasteiger partial charge on any atom is -0.497 e. The van der Waals surface area contributed by atoms with Crippen LogP contribution in [0.4, 0.5) is 0 Å². The molecule has 140 valence electrons. The number of hydrogen-bond donors (Lipinski definition) is 1. The van der Waals surface area contributed by atoms with E-state index in [-0.39, 0.29) is 5.91 Å². The summed E-state index contributed by atoms with van der Waals surface area (Å²) in [7, 11) is 3.22. The highest BCUT2D eigenvalue weighted by molar-refractivity contribution is 5.75. The molecule has 0 aliphatic carbocycles. The quantitative estimate of drug-likeness (QED) is 0.625. The standard InChI is InChI=1S/C20H25NO5/c1-23-16-9-11-17(12-10-16)25-14-5-8-20(22)21-13-15-26-19-7-4-3-6-18(19)24-2/h3-4,6-7,9-12H,5,8,13-15H2,1-2H3,(H,21,22). The van der Waals surface area contributed by atoms with Crippen LogP contribution in [0.25, 0.3) is 0 Å². The monoisotopic (exact) mass is 359 g/mol. The zero-order chi connectivity index (χ0) is 18.6. The van der Waals surface area contributed by atoms with Gasteiger partial charge in [-0.1, -0.05) is 12.1 Å². The Kier molecular flexibility index (Phi) is 8.12. The van der Waals surface area contributed by atoms with Crippen molar-refractivity contribution in [2.24, 2.45) is 0 Å². The molecule has 0 fully saturated rings. The van der Waals surface area contributed by atoms with E-state index in [9.17, 15) is 4.79 Å². The van der Waals surface area contributed by atoms with E-state index in [4.69, 9.17) is 18.9 Å². The smallest absolute Gasteiger partial charge is 0.220 e. The van der Waals surface area contributed by atoms with Gasteiger partial charge in [0.2, 0.25) is 5.91 Å². The third-order valence-electron chi connectivity index (χ3n) is 3.63. The van der Waals surface area contributed by atoms with Gasteiger partial charge in [0.1, 0.15) is 18.1 Å². The van der Waals surface area contributed by atoms with Gasteiger partial charge in [-0.15, -0.1) is 0 Å². The topological polar surface area (TPSA) is 66.0 Å². The molecule has 0 spiro atoms. The number of rotatable bonds is 11. The minimum absolute atomic E-state index is 0.0213. The van der Waals surface area contributed by atoms with Crippen LogP contribution in [0.5, 0.6) is 23.0 Å². The molecule has 0 aromatic heterocycles. The Morgan fingerprint density at radius 2 is 1.54 bits per heavy atom. The maximum atomic E-state index is 11.8. The van der Waals surface area contributed by atoms with E-state index in [1.54, 1.807) is 14.2 Å². The lowest BCUT2D eigenvalue weighted by Gasteiger charge is -2.11. The molecular weight excluding hydrogens is 334 g/mol. The van der Waals surface area contributed by atoms with Crippen molar-refractivity contribution in [3.05, 3.63) is 48.5 Å². The summed E-state index contributed by atoms with van der Waals surface area (Å²) in [5.74, 6) is 2.86. The van der Waals surface area contributed by atoms with Crippen LogP contribution in [-0.2, 0) is 4.79 Å². The minimum atomic E-state index is -0.0213. The Hall–Kier alpha value is -2.89. The molecule has 6 nitrogen and oxygen atoms in total. The molecule has 2 rings (SSSR count). The second-order valence-electron chi connectivity index (χ2n) is 5.48. The third-order valence-corrected chi connectivity index (χ3v) is 3.63. The summed E-state index contributed by atoms with van der Waals surface area (Å²) < 4.78 is 21.5. The molecule has 2 aromatic carbocycles. The highest BCUT2D eigenvalue weighted by Gasteiger charge is 2.04. The second-order valence-corrected chi connectivity index (χ2v) is 5.48. The zero-order valence-corrected chi connectivity index (χ0v) is 15.2. The number of benzene rings is 2. The van der Waals surface area contributed by atoms with Crippen molar-refractivity contribution in [1.29, 1.82) is 0 Å². The Balaban J connectivity index is 1.56. The molecule has 0 saturated heterocycles. The summed E-state index contributed by atoms with van der Waals surface area (Å²) >= 11 is 0. The van der Waals surface area contributed by atoms with Gasteiger partial charge >= 0.3 is 0 Å². The number of amides is 1. The lowest BCUT2D eigenvalue weighted by Crippen LogP contribution is -2.28. The summed E-state index contributed by atoms with van der Waals surface area (Å²) in [4.78, 5) is 11.8. The number of hydrogen-bond acceptors (Lipinski definition) is 5. The number of carbonyl (C=O) groups is 1. The molecular formula is C20H25NO5. The van der Waals surface area contributed by atoms with E-state index < -0.39 is 0 Å². The average Bonchev–Trinajstić information content (AvgIpc) is 2.69. The van der Waals surface area contributed by atoms with Crippen molar-refractivity contribution < 1.29 is 23.7 Å². The molecule has 1 N–H and O–H groups in total. The van der Waals surface area contributed by atoms with Crippen LogP contribution in [-0.4, -0.2) is 39.9 Å². The van der Waals surface area contributed by atoms with Gasteiger partial charge in [-0.25, -0.2) is 0 Å². The first-order valence-corrected chi connectivity index (χ1v) is 8.52. The Morgan fingerprint density at radius 3 is 2.23 bits per heavy atom. The van der Waals surface area contributed by atoms with Gasteiger partial charge < -0.3 is 24.3 Å². The number of nitrogens with one attached hydrogen (secondary N) is 1. The van der Waals surface area contributed by atoms with E-state index >= 15 is 0 Å². The summed E-state index contributed by atoms with van der Waals surface area (Å²) in [6, 6.07) is 14.8. The van der Waals surface area contributed by atoms with E-state index in [2.05, 4.69) is 5.32 Å². The normalized spacial score (nSPS) is 10.1. The molecule has 0 saturated carbocycles. The fourth-order valence-electron chi connectivity index (χ4n) is 2.27. The molecule has 0 aliphatic rings. The van der Waals surface area contributed by atoms with Gasteiger partial charge in [0.15, 0.2) is 11.5 Å². The molecule has 6 heteroatoms. The van der Waals surface area contributed by atoms with Crippen molar-refractivity contribution >= 4 is 5.91 Å². The lowest BCUT2D eigenvalue weighted by atomic mass is 10.3. The second kappa shape index (κ2) is 10.9. The Morgan fingerprint density at radius 1 is 0.846 bits per heavy atom. The molecule has 1 amide bonds. The fraction of sp³-hybridized carbons (Fsp3) is 0.350. The Bertz CT molecular complexity index is 672. The van der Waals surface area contributed by atoms with Crippen LogP contribution in [0, 0.1) is 0 Å². The van der Waals surface area contributed by atoms with E-state index in [1.165, 1.54) is 0 Å². The molecule has 0 bridgehead atoms. The zero-order valence-electron chi connectivity index (χ0n) is 15.2. The number of para-hydroxylation sites is 2. The first-order valence-electron chi connectivity index (χ1n) is 8.52. The maximum Gasteiger partial charge on any atom is 0.220 e. The third kappa shape index (κ3) is 6.55. The van der Waals surface area contributed by atoms with Gasteiger partial charge in [-0.3, -0.25) is 4.79 Å². The van der Waals surface area contributed by atoms with Gasteiger partial charge in [-0.2, -0.15) is 0 Å². The predicted molar refractivity (Wildman–Crippen MR) is 99.2 cm³/mol. The summed E-state index contributed by atoms with van der Waals surface area (Å²) in [6.07, 6.45) is 1.05. The summed E-state index contributed by atoms with van der Waals surface area (Å²) in [5, 5.41) is 2.83.